The lowest BCUT2D eigenvalue weighted by Crippen LogP contribution is -2.52. The second kappa shape index (κ2) is 19.1. The molecule has 7 heteroatoms. The number of nitrogens with one attached hydrogen (secondary N) is 2. The van der Waals surface area contributed by atoms with Crippen LogP contribution in [0.2, 0.25) is 0 Å². The van der Waals surface area contributed by atoms with Crippen LogP contribution in [0.25, 0.3) is 10.9 Å². The molecule has 2 amide bonds. The van der Waals surface area contributed by atoms with Crippen LogP contribution in [0.3, 0.4) is 0 Å². The summed E-state index contributed by atoms with van der Waals surface area (Å²) in [4.78, 5) is 33.9. The van der Waals surface area contributed by atoms with Gasteiger partial charge in [-0.05, 0) is 105 Å². The molecule has 6 rings (SSSR count). The molecule has 7 nitrogen and oxygen atoms in total. The van der Waals surface area contributed by atoms with E-state index in [-0.39, 0.29) is 23.8 Å². The average Bonchev–Trinajstić information content (AvgIpc) is 3.18. The molecule has 1 aliphatic heterocycles. The summed E-state index contributed by atoms with van der Waals surface area (Å²) >= 11 is 0. The Morgan fingerprint density at radius 1 is 0.769 bits per heavy atom. The number of carbonyl (C=O) groups is 2. The van der Waals surface area contributed by atoms with Gasteiger partial charge in [0, 0.05) is 36.3 Å². The predicted octanol–water partition coefficient (Wildman–Crippen LogP) is 7.18. The fraction of sp³-hybridized carbons (Fsp3) is 0.356. The van der Waals surface area contributed by atoms with Crippen molar-refractivity contribution in [3.05, 3.63) is 150 Å². The van der Waals surface area contributed by atoms with Crippen LogP contribution >= 0.6 is 0 Å². The normalized spacial score (nSPS) is 16.0. The Balaban J connectivity index is 1.06. The number of aliphatic hydroxyl groups is 1. The molecule has 1 fully saturated rings. The Bertz CT molecular complexity index is 1790. The number of fused-ring (bicyclic) bond motifs is 1. The van der Waals surface area contributed by atoms with Crippen molar-refractivity contribution in [3.8, 4) is 0 Å². The van der Waals surface area contributed by atoms with Gasteiger partial charge in [0.2, 0.25) is 5.91 Å². The van der Waals surface area contributed by atoms with Crippen LogP contribution in [-0.4, -0.2) is 64.6 Å². The van der Waals surface area contributed by atoms with Crippen molar-refractivity contribution in [2.45, 2.75) is 76.0 Å². The van der Waals surface area contributed by atoms with E-state index in [0.29, 0.717) is 25.1 Å². The number of amides is 2. The maximum atomic E-state index is 13.8. The largest absolute Gasteiger partial charge is 0.390 e. The zero-order valence-corrected chi connectivity index (χ0v) is 30.1. The van der Waals surface area contributed by atoms with E-state index in [1.807, 2.05) is 66.7 Å². The minimum absolute atomic E-state index is 0.114. The molecule has 3 N–H and O–H groups in total. The third-order valence-electron chi connectivity index (χ3n) is 10.3. The molecule has 0 spiro atoms. The van der Waals surface area contributed by atoms with Crippen molar-refractivity contribution in [3.63, 3.8) is 0 Å². The van der Waals surface area contributed by atoms with Crippen LogP contribution in [0, 0.1) is 5.92 Å². The summed E-state index contributed by atoms with van der Waals surface area (Å²) in [5.41, 5.74) is 5.05. The number of benzene rings is 4. The maximum Gasteiger partial charge on any atom is 0.251 e. The smallest absolute Gasteiger partial charge is 0.251 e. The third kappa shape index (κ3) is 11.1. The minimum Gasteiger partial charge on any atom is -0.390 e. The van der Waals surface area contributed by atoms with Gasteiger partial charge in [0.25, 0.3) is 5.91 Å². The molecule has 0 saturated carbocycles. The van der Waals surface area contributed by atoms with Crippen LogP contribution in [0.1, 0.15) is 65.6 Å². The quantitative estimate of drug-likeness (QED) is 0.0958. The molecular formula is C45H52N4O3. The van der Waals surface area contributed by atoms with Gasteiger partial charge in [0.15, 0.2) is 0 Å². The zero-order valence-electron chi connectivity index (χ0n) is 30.1. The average molecular weight is 697 g/mol. The number of nitrogens with zero attached hydrogens (tertiary/aromatic N) is 2. The lowest BCUT2D eigenvalue weighted by Gasteiger charge is -2.36. The molecule has 2 heterocycles. The van der Waals surface area contributed by atoms with Crippen LogP contribution in [0.5, 0.6) is 0 Å². The Kier molecular flexibility index (Phi) is 13.6. The van der Waals surface area contributed by atoms with Crippen molar-refractivity contribution in [1.29, 1.82) is 0 Å². The molecule has 3 unspecified atom stereocenters. The van der Waals surface area contributed by atoms with E-state index >= 15 is 0 Å². The number of aliphatic hydroxyl groups excluding tert-OH is 1. The number of hydrogen-bond donors (Lipinski definition) is 3. The zero-order chi connectivity index (χ0) is 36.0. The number of piperidine rings is 1. The first-order chi connectivity index (χ1) is 25.5. The highest BCUT2D eigenvalue weighted by atomic mass is 16.3. The van der Waals surface area contributed by atoms with Crippen molar-refractivity contribution >= 4 is 22.7 Å². The van der Waals surface area contributed by atoms with Gasteiger partial charge in [-0.15, -0.1) is 0 Å². The van der Waals surface area contributed by atoms with E-state index < -0.39 is 12.1 Å². The molecular weight excluding hydrogens is 645 g/mol. The van der Waals surface area contributed by atoms with Gasteiger partial charge in [-0.1, -0.05) is 97.1 Å². The van der Waals surface area contributed by atoms with Crippen LogP contribution in [0.15, 0.2) is 128 Å². The molecule has 1 aliphatic rings. The summed E-state index contributed by atoms with van der Waals surface area (Å²) in [6.45, 7) is 1.77. The number of carbonyl (C=O) groups excluding carboxylic acids is 2. The van der Waals surface area contributed by atoms with Gasteiger partial charge in [0.05, 0.1) is 23.6 Å². The Morgan fingerprint density at radius 3 is 2.06 bits per heavy atom. The highest BCUT2D eigenvalue weighted by Crippen LogP contribution is 2.21. The second-order valence-electron chi connectivity index (χ2n) is 14.3. The lowest BCUT2D eigenvalue weighted by atomic mass is 9.94. The van der Waals surface area contributed by atoms with Crippen LogP contribution in [-0.2, 0) is 24.1 Å². The van der Waals surface area contributed by atoms with E-state index in [2.05, 4.69) is 69.0 Å². The van der Waals surface area contributed by atoms with Crippen molar-refractivity contribution in [2.75, 3.05) is 19.6 Å². The van der Waals surface area contributed by atoms with E-state index in [4.69, 9.17) is 0 Å². The number of rotatable bonds is 17. The number of hydrogen-bond acceptors (Lipinski definition) is 5. The van der Waals surface area contributed by atoms with E-state index in [1.165, 1.54) is 11.1 Å². The number of β-amino-alcohol motifs (C(OH)–C–C–N with tert-alkyl or cyclic N) is 1. The van der Waals surface area contributed by atoms with E-state index in [1.54, 1.807) is 12.3 Å². The van der Waals surface area contributed by atoms with Gasteiger partial charge in [-0.25, -0.2) is 0 Å². The van der Waals surface area contributed by atoms with Crippen molar-refractivity contribution < 1.29 is 14.7 Å². The predicted molar refractivity (Wildman–Crippen MR) is 209 cm³/mol. The molecule has 5 aromatic rings. The van der Waals surface area contributed by atoms with Crippen LogP contribution in [0.4, 0.5) is 0 Å². The first-order valence-corrected chi connectivity index (χ1v) is 19.0. The third-order valence-corrected chi connectivity index (χ3v) is 10.3. The number of pyridine rings is 1. The molecule has 3 atom stereocenters. The highest BCUT2D eigenvalue weighted by molar-refractivity contribution is 5.98. The first kappa shape index (κ1) is 36.9. The van der Waals surface area contributed by atoms with E-state index in [9.17, 15) is 14.7 Å². The maximum absolute atomic E-state index is 13.8. The summed E-state index contributed by atoms with van der Waals surface area (Å²) < 4.78 is 0. The Hall–Kier alpha value is -4.85. The lowest BCUT2D eigenvalue weighted by molar-refractivity contribution is -0.127. The van der Waals surface area contributed by atoms with Gasteiger partial charge >= 0.3 is 0 Å². The SMILES string of the molecule is O=C(NC(Cc1ccccc1)C(O)CN1CCCC(C(=O)NC(CCCc2ccccc2)CCCc2ccccc2)C1)c1ccc2ncccc2c1. The Labute approximate surface area is 308 Å². The number of aryl methyl sites for hydroxylation is 2. The molecule has 270 valence electrons. The number of likely N-dealkylation sites (tertiary alicyclic amines) is 1. The second-order valence-corrected chi connectivity index (χ2v) is 14.3. The molecule has 52 heavy (non-hydrogen) atoms. The first-order valence-electron chi connectivity index (χ1n) is 19.0. The molecule has 1 saturated heterocycles. The topological polar surface area (TPSA) is 94.6 Å². The van der Waals surface area contributed by atoms with Crippen LogP contribution < -0.4 is 10.6 Å². The molecule has 0 radical (unpaired) electrons. The van der Waals surface area contributed by atoms with Crippen molar-refractivity contribution in [1.82, 2.24) is 20.5 Å². The standard InChI is InChI=1S/C45H52N4O3/c50-43(42(30-36-18-8-3-9-19-36)48-44(51)38-26-27-41-37(31-38)22-12-28-46-41)33-49-29-13-23-39(32-49)45(52)47-40(24-10-20-34-14-4-1-5-15-34)25-11-21-35-16-6-2-7-17-35/h1-9,12,14-19,22,26-28,31,39-40,42-43,50H,10-11,13,20-21,23-25,29-30,32-33H2,(H,47,52)(H,48,51). The van der Waals surface area contributed by atoms with Gasteiger partial charge in [-0.2, -0.15) is 0 Å². The van der Waals surface area contributed by atoms with E-state index in [0.717, 1.165) is 74.4 Å². The monoisotopic (exact) mass is 696 g/mol. The Morgan fingerprint density at radius 2 is 1.40 bits per heavy atom. The summed E-state index contributed by atoms with van der Waals surface area (Å²) in [5, 5.41) is 19.2. The highest BCUT2D eigenvalue weighted by Gasteiger charge is 2.31. The fourth-order valence-corrected chi connectivity index (χ4v) is 7.45. The summed E-state index contributed by atoms with van der Waals surface area (Å²) in [6, 6.07) is 40.0. The fourth-order valence-electron chi connectivity index (χ4n) is 7.45. The van der Waals surface area contributed by atoms with Gasteiger partial charge in [0.1, 0.15) is 0 Å². The molecule has 0 bridgehead atoms. The summed E-state index contributed by atoms with van der Waals surface area (Å²) in [7, 11) is 0. The molecule has 4 aromatic carbocycles. The molecule has 0 aliphatic carbocycles. The number of aromatic nitrogens is 1. The van der Waals surface area contributed by atoms with Crippen molar-refractivity contribution in [2.24, 2.45) is 5.92 Å². The molecule has 1 aromatic heterocycles. The minimum atomic E-state index is -0.822. The van der Waals surface area contributed by atoms with Gasteiger partial charge in [-0.3, -0.25) is 19.5 Å². The summed E-state index contributed by atoms with van der Waals surface area (Å²) in [5.74, 6) is -0.254. The van der Waals surface area contributed by atoms with Gasteiger partial charge < -0.3 is 15.7 Å². The summed E-state index contributed by atoms with van der Waals surface area (Å²) in [6.07, 6.45) is 9.06.